The van der Waals surface area contributed by atoms with E-state index in [0.717, 1.165) is 0 Å². The molecule has 0 saturated heterocycles. The van der Waals surface area contributed by atoms with Gasteiger partial charge >= 0.3 is 12.3 Å². The molecule has 0 amide bonds. The Morgan fingerprint density at radius 1 is 1.53 bits per heavy atom. The van der Waals surface area contributed by atoms with E-state index in [4.69, 9.17) is 5.73 Å². The molecule has 0 unspecified atom stereocenters. The average molecular weight is 228 g/mol. The molecule has 0 aromatic heterocycles. The summed E-state index contributed by atoms with van der Waals surface area (Å²) in [6.07, 6.45) is -4.26. The van der Waals surface area contributed by atoms with Crippen molar-refractivity contribution < 1.29 is 22.7 Å². The van der Waals surface area contributed by atoms with E-state index in [2.05, 4.69) is 4.74 Å². The van der Waals surface area contributed by atoms with Crippen LogP contribution in [-0.4, -0.2) is 31.5 Å². The first kappa shape index (κ1) is 14.2. The quantitative estimate of drug-likeness (QED) is 0.520. The van der Waals surface area contributed by atoms with Crippen LogP contribution >= 0.6 is 0 Å². The lowest BCUT2D eigenvalue weighted by Gasteiger charge is -2.18. The molecule has 15 heavy (non-hydrogen) atoms. The first-order chi connectivity index (χ1) is 6.90. The van der Waals surface area contributed by atoms with E-state index in [9.17, 15) is 18.0 Å². The van der Waals surface area contributed by atoms with Gasteiger partial charge in [-0.3, -0.25) is 4.79 Å². The summed E-state index contributed by atoms with van der Waals surface area (Å²) >= 11 is 0. The smallest absolute Gasteiger partial charge is 0.457 e. The Morgan fingerprint density at radius 2 is 2.13 bits per heavy atom. The molecule has 0 fully saturated rings. The van der Waals surface area contributed by atoms with Crippen molar-refractivity contribution in [3.05, 3.63) is 0 Å². The molecular weight excluding hydrogens is 213 g/mol. The van der Waals surface area contributed by atoms with Crippen molar-refractivity contribution in [2.24, 2.45) is 5.73 Å². The minimum absolute atomic E-state index is 0.00877. The number of carbonyl (C=O) groups excluding carboxylic acids is 1. The van der Waals surface area contributed by atoms with Crippen LogP contribution in [0, 0.1) is 0 Å². The maximum absolute atomic E-state index is 12.0. The lowest BCUT2D eigenvalue weighted by atomic mass is 10.1. The second-order valence-electron chi connectivity index (χ2n) is 2.88. The number of alkyl halides is 3. The Bertz CT molecular complexity index is 197. The van der Waals surface area contributed by atoms with Gasteiger partial charge in [0.05, 0.1) is 6.61 Å². The molecule has 90 valence electrons. The van der Waals surface area contributed by atoms with Crippen LogP contribution in [-0.2, 0) is 9.53 Å². The van der Waals surface area contributed by atoms with Gasteiger partial charge in [-0.1, -0.05) is 0 Å². The number of hydrogen-bond acceptors (Lipinski definition) is 4. The van der Waals surface area contributed by atoms with Crippen molar-refractivity contribution in [1.29, 1.82) is 0 Å². The molecule has 0 aliphatic rings. The standard InChI is InChI=1S/C8H15F3N2O2/c1-2-15-7(14)6(4-3-5-12)13-8(9,10)11/h6,13H,2-5,12H2,1H3/t6-/m0/s1. The van der Waals surface area contributed by atoms with Gasteiger partial charge in [0.25, 0.3) is 0 Å². The molecular formula is C8H15F3N2O2. The molecule has 0 spiro atoms. The lowest BCUT2D eigenvalue weighted by Crippen LogP contribution is -2.46. The molecule has 0 aromatic carbocycles. The number of carbonyl (C=O) groups is 1. The van der Waals surface area contributed by atoms with Crippen molar-refractivity contribution in [2.45, 2.75) is 32.1 Å². The topological polar surface area (TPSA) is 64.3 Å². The van der Waals surface area contributed by atoms with Crippen molar-refractivity contribution in [3.8, 4) is 0 Å². The van der Waals surface area contributed by atoms with Crippen molar-refractivity contribution in [1.82, 2.24) is 5.32 Å². The summed E-state index contributed by atoms with van der Waals surface area (Å²) in [6, 6.07) is -1.37. The third-order valence-corrected chi connectivity index (χ3v) is 1.61. The number of rotatable bonds is 6. The summed E-state index contributed by atoms with van der Waals surface area (Å²) in [5.74, 6) is -0.900. The van der Waals surface area contributed by atoms with E-state index in [-0.39, 0.29) is 19.6 Å². The van der Waals surface area contributed by atoms with E-state index >= 15 is 0 Å². The Labute approximate surface area is 86.0 Å². The first-order valence-corrected chi connectivity index (χ1v) is 4.61. The predicted octanol–water partition coefficient (Wildman–Crippen LogP) is 0.766. The molecule has 0 aromatic rings. The van der Waals surface area contributed by atoms with E-state index < -0.39 is 18.3 Å². The van der Waals surface area contributed by atoms with Crippen LogP contribution in [0.4, 0.5) is 13.2 Å². The zero-order chi connectivity index (χ0) is 11.9. The second-order valence-corrected chi connectivity index (χ2v) is 2.88. The highest BCUT2D eigenvalue weighted by Gasteiger charge is 2.34. The van der Waals surface area contributed by atoms with Crippen LogP contribution in [0.25, 0.3) is 0 Å². The molecule has 4 nitrogen and oxygen atoms in total. The summed E-state index contributed by atoms with van der Waals surface area (Å²) < 4.78 is 40.5. The van der Waals surface area contributed by atoms with Gasteiger partial charge < -0.3 is 10.5 Å². The number of esters is 1. The highest BCUT2D eigenvalue weighted by Crippen LogP contribution is 2.13. The molecule has 0 aliphatic carbocycles. The van der Waals surface area contributed by atoms with Crippen molar-refractivity contribution >= 4 is 5.97 Å². The number of halogens is 3. The number of nitrogens with two attached hydrogens (primary N) is 1. The molecule has 7 heteroatoms. The van der Waals surface area contributed by atoms with Crippen LogP contribution in [0.3, 0.4) is 0 Å². The fraction of sp³-hybridized carbons (Fsp3) is 0.875. The highest BCUT2D eigenvalue weighted by atomic mass is 19.4. The van der Waals surface area contributed by atoms with Crippen LogP contribution in [0.2, 0.25) is 0 Å². The van der Waals surface area contributed by atoms with Crippen LogP contribution in [0.15, 0.2) is 0 Å². The highest BCUT2D eigenvalue weighted by molar-refractivity contribution is 5.75. The maximum Gasteiger partial charge on any atom is 0.457 e. The number of ether oxygens (including phenoxy) is 1. The molecule has 0 rings (SSSR count). The van der Waals surface area contributed by atoms with E-state index in [0.29, 0.717) is 6.42 Å². The van der Waals surface area contributed by atoms with Crippen LogP contribution in [0.1, 0.15) is 19.8 Å². The zero-order valence-electron chi connectivity index (χ0n) is 8.43. The molecule has 0 bridgehead atoms. The number of nitrogens with one attached hydrogen (secondary N) is 1. The Kier molecular flexibility index (Phi) is 6.26. The van der Waals surface area contributed by atoms with Gasteiger partial charge in [0.15, 0.2) is 0 Å². The summed E-state index contributed by atoms with van der Waals surface area (Å²) in [6.45, 7) is 1.82. The van der Waals surface area contributed by atoms with E-state index in [1.54, 1.807) is 0 Å². The van der Waals surface area contributed by atoms with Gasteiger partial charge in [-0.15, -0.1) is 0 Å². The second kappa shape index (κ2) is 6.62. The minimum atomic E-state index is -4.59. The normalized spacial score (nSPS) is 13.7. The molecule has 0 saturated carbocycles. The SMILES string of the molecule is CCOC(=O)[C@H](CCCN)NC(F)(F)F. The minimum Gasteiger partial charge on any atom is -0.465 e. The Hall–Kier alpha value is -0.820. The van der Waals surface area contributed by atoms with Gasteiger partial charge in [-0.25, -0.2) is 5.32 Å². The summed E-state index contributed by atoms with van der Waals surface area (Å²) in [7, 11) is 0. The molecule has 0 heterocycles. The average Bonchev–Trinajstić information content (AvgIpc) is 2.10. The fourth-order valence-corrected chi connectivity index (χ4v) is 1.01. The fourth-order valence-electron chi connectivity index (χ4n) is 1.01. The molecule has 3 N–H and O–H groups in total. The van der Waals surface area contributed by atoms with Gasteiger partial charge in [0, 0.05) is 0 Å². The lowest BCUT2D eigenvalue weighted by molar-refractivity contribution is -0.177. The number of hydrogen-bond donors (Lipinski definition) is 2. The maximum atomic E-state index is 12.0. The monoisotopic (exact) mass is 228 g/mol. The Morgan fingerprint density at radius 3 is 2.53 bits per heavy atom. The summed E-state index contributed by atoms with van der Waals surface area (Å²) in [5, 5.41) is 1.25. The van der Waals surface area contributed by atoms with E-state index in [1.165, 1.54) is 12.2 Å². The third-order valence-electron chi connectivity index (χ3n) is 1.61. The van der Waals surface area contributed by atoms with Crippen molar-refractivity contribution in [3.63, 3.8) is 0 Å². The van der Waals surface area contributed by atoms with E-state index in [1.807, 2.05) is 0 Å². The van der Waals surface area contributed by atoms with Crippen LogP contribution in [0.5, 0.6) is 0 Å². The first-order valence-electron chi connectivity index (χ1n) is 4.61. The van der Waals surface area contributed by atoms with Gasteiger partial charge in [0.1, 0.15) is 6.04 Å². The molecule has 0 aliphatic heterocycles. The molecule has 1 atom stereocenters. The molecule has 0 radical (unpaired) electrons. The zero-order valence-corrected chi connectivity index (χ0v) is 8.43. The Balaban J connectivity index is 4.23. The van der Waals surface area contributed by atoms with Crippen molar-refractivity contribution in [2.75, 3.05) is 13.2 Å². The van der Waals surface area contributed by atoms with Gasteiger partial charge in [0.2, 0.25) is 0 Å². The third kappa shape index (κ3) is 7.15. The summed E-state index contributed by atoms with van der Waals surface area (Å²) in [5.41, 5.74) is 5.15. The van der Waals surface area contributed by atoms with Crippen LogP contribution < -0.4 is 11.1 Å². The van der Waals surface area contributed by atoms with Gasteiger partial charge in [-0.05, 0) is 26.3 Å². The largest absolute Gasteiger partial charge is 0.465 e. The van der Waals surface area contributed by atoms with Gasteiger partial charge in [-0.2, -0.15) is 13.2 Å². The predicted molar refractivity (Wildman–Crippen MR) is 47.9 cm³/mol. The summed E-state index contributed by atoms with van der Waals surface area (Å²) in [4.78, 5) is 11.1.